The molecule has 4 rings (SSSR count). The van der Waals surface area contributed by atoms with Crippen LogP contribution in [-0.4, -0.2) is 41.5 Å². The summed E-state index contributed by atoms with van der Waals surface area (Å²) in [6.07, 6.45) is -1.10. The summed E-state index contributed by atoms with van der Waals surface area (Å²) in [5.41, 5.74) is 1.37. The average Bonchev–Trinajstić information content (AvgIpc) is 3.24. The van der Waals surface area contributed by atoms with E-state index in [1.165, 1.54) is 18.5 Å². The Hall–Kier alpha value is -3.34. The van der Waals surface area contributed by atoms with Crippen LogP contribution in [0.25, 0.3) is 11.0 Å². The molecule has 2 aromatic heterocycles. The summed E-state index contributed by atoms with van der Waals surface area (Å²) < 4.78 is 57.0. The lowest BCUT2D eigenvalue weighted by Crippen LogP contribution is -2.09. The van der Waals surface area contributed by atoms with E-state index in [4.69, 9.17) is 25.8 Å². The van der Waals surface area contributed by atoms with Crippen molar-refractivity contribution in [3.63, 3.8) is 0 Å². The van der Waals surface area contributed by atoms with E-state index in [-0.39, 0.29) is 16.5 Å². The van der Waals surface area contributed by atoms with Gasteiger partial charge in [-0.05, 0) is 42.5 Å². The Kier molecular flexibility index (Phi) is 7.74. The number of hydrogen-bond acceptors (Lipinski definition) is 6. The van der Waals surface area contributed by atoms with Gasteiger partial charge in [-0.25, -0.2) is 9.97 Å². The molecule has 0 spiro atoms. The van der Waals surface area contributed by atoms with Crippen molar-refractivity contribution >= 4 is 34.1 Å². The second-order valence-corrected chi connectivity index (χ2v) is 7.88. The summed E-state index contributed by atoms with van der Waals surface area (Å²) in [5, 5.41) is 3.45. The van der Waals surface area contributed by atoms with Gasteiger partial charge in [0.15, 0.2) is 5.82 Å². The lowest BCUT2D eigenvalue weighted by atomic mass is 10.2. The monoisotopic (exact) mass is 506 g/mol. The maximum Gasteiger partial charge on any atom is 0.416 e. The molecule has 0 saturated carbocycles. The minimum Gasteiger partial charge on any atom is -0.456 e. The first-order valence-electron chi connectivity index (χ1n) is 10.6. The molecule has 11 heteroatoms. The third-order valence-corrected chi connectivity index (χ3v) is 5.34. The zero-order chi connectivity index (χ0) is 24.8. The Bertz CT molecular complexity index is 1300. The van der Waals surface area contributed by atoms with Gasteiger partial charge in [-0.15, -0.1) is 0 Å². The van der Waals surface area contributed by atoms with Gasteiger partial charge in [0.05, 0.1) is 35.9 Å². The summed E-state index contributed by atoms with van der Waals surface area (Å²) in [5.74, 6) is 0.825. The number of benzene rings is 2. The molecule has 0 atom stereocenters. The van der Waals surface area contributed by atoms with Crippen molar-refractivity contribution < 1.29 is 27.4 Å². The van der Waals surface area contributed by atoms with Crippen LogP contribution in [0.5, 0.6) is 11.5 Å². The second-order valence-electron chi connectivity index (χ2n) is 7.47. The minimum atomic E-state index is -4.46. The number of rotatable bonds is 10. The zero-order valence-electron chi connectivity index (χ0n) is 18.7. The molecule has 0 saturated heterocycles. The van der Waals surface area contributed by atoms with E-state index in [9.17, 15) is 13.2 Å². The highest BCUT2D eigenvalue weighted by atomic mass is 35.5. The van der Waals surface area contributed by atoms with Crippen molar-refractivity contribution in [2.24, 2.45) is 0 Å². The third kappa shape index (κ3) is 6.21. The normalized spacial score (nSPS) is 11.7. The maximum absolute atomic E-state index is 13.0. The van der Waals surface area contributed by atoms with Crippen LogP contribution in [0.15, 0.2) is 61.1 Å². The molecule has 0 aliphatic rings. The molecule has 2 aromatic carbocycles. The summed E-state index contributed by atoms with van der Waals surface area (Å²) >= 11 is 6.36. The summed E-state index contributed by atoms with van der Waals surface area (Å²) in [4.78, 5) is 8.67. The highest BCUT2D eigenvalue weighted by Crippen LogP contribution is 2.36. The number of fused-ring (bicyclic) bond motifs is 1. The molecule has 2 heterocycles. The molecule has 0 unspecified atom stereocenters. The van der Waals surface area contributed by atoms with Crippen LogP contribution in [-0.2, 0) is 22.2 Å². The number of ether oxygens (including phenoxy) is 3. The van der Waals surface area contributed by atoms with Gasteiger partial charge in [-0.2, -0.15) is 13.2 Å². The number of anilines is 2. The van der Waals surface area contributed by atoms with Crippen molar-refractivity contribution in [3.8, 4) is 11.5 Å². The lowest BCUT2D eigenvalue weighted by molar-refractivity contribution is -0.137. The molecule has 4 aromatic rings. The molecule has 7 nitrogen and oxygen atoms in total. The number of aromatic nitrogens is 3. The van der Waals surface area contributed by atoms with Gasteiger partial charge in [0.2, 0.25) is 0 Å². The van der Waals surface area contributed by atoms with Gasteiger partial charge in [-0.1, -0.05) is 17.7 Å². The highest BCUT2D eigenvalue weighted by molar-refractivity contribution is 6.32. The fourth-order valence-corrected chi connectivity index (χ4v) is 3.60. The van der Waals surface area contributed by atoms with Crippen molar-refractivity contribution in [3.05, 3.63) is 71.6 Å². The van der Waals surface area contributed by atoms with Crippen LogP contribution in [0, 0.1) is 0 Å². The number of nitrogens with one attached hydrogen (secondary N) is 1. The molecule has 1 N–H and O–H groups in total. The van der Waals surface area contributed by atoms with Gasteiger partial charge in [0, 0.05) is 25.5 Å². The number of alkyl halides is 3. The van der Waals surface area contributed by atoms with Gasteiger partial charge >= 0.3 is 6.18 Å². The summed E-state index contributed by atoms with van der Waals surface area (Å²) in [6, 6.07) is 11.4. The first-order valence-corrected chi connectivity index (χ1v) is 11.0. The molecule has 35 heavy (non-hydrogen) atoms. The Labute approximate surface area is 204 Å². The smallest absolute Gasteiger partial charge is 0.416 e. The molecule has 0 fully saturated rings. The molecule has 0 aliphatic carbocycles. The molecule has 0 amide bonds. The minimum absolute atomic E-state index is 0.0329. The first kappa shape index (κ1) is 24.8. The predicted octanol–water partition coefficient (Wildman–Crippen LogP) is 6.30. The van der Waals surface area contributed by atoms with Crippen LogP contribution in [0.2, 0.25) is 5.02 Å². The van der Waals surface area contributed by atoms with Crippen molar-refractivity contribution in [1.82, 2.24) is 14.5 Å². The molecule has 0 radical (unpaired) electrons. The predicted molar refractivity (Wildman–Crippen MR) is 126 cm³/mol. The van der Waals surface area contributed by atoms with Crippen LogP contribution >= 0.6 is 11.6 Å². The Balaban J connectivity index is 1.50. The van der Waals surface area contributed by atoms with E-state index in [1.807, 2.05) is 16.8 Å². The average molecular weight is 507 g/mol. The van der Waals surface area contributed by atoms with Gasteiger partial charge in [0.1, 0.15) is 23.3 Å². The van der Waals surface area contributed by atoms with E-state index >= 15 is 0 Å². The van der Waals surface area contributed by atoms with E-state index in [1.54, 1.807) is 25.3 Å². The number of nitrogens with zero attached hydrogens (tertiary/aromatic N) is 3. The first-order chi connectivity index (χ1) is 16.8. The molecule has 0 bridgehead atoms. The lowest BCUT2D eigenvalue weighted by Gasteiger charge is -2.13. The molecule has 184 valence electrons. The maximum atomic E-state index is 13.0. The second kappa shape index (κ2) is 10.9. The fourth-order valence-electron chi connectivity index (χ4n) is 3.38. The van der Waals surface area contributed by atoms with Gasteiger partial charge < -0.3 is 24.1 Å². The van der Waals surface area contributed by atoms with Crippen LogP contribution in [0.1, 0.15) is 5.56 Å². The van der Waals surface area contributed by atoms with Crippen LogP contribution in [0.4, 0.5) is 24.7 Å². The van der Waals surface area contributed by atoms with E-state index in [2.05, 4.69) is 15.3 Å². The van der Waals surface area contributed by atoms with E-state index in [0.717, 1.165) is 23.2 Å². The Morgan fingerprint density at radius 2 is 1.89 bits per heavy atom. The Morgan fingerprint density at radius 1 is 1.03 bits per heavy atom. The number of methoxy groups -OCH3 is 1. The quantitative estimate of drug-likeness (QED) is 0.254. The largest absolute Gasteiger partial charge is 0.456 e. The third-order valence-electron chi connectivity index (χ3n) is 5.04. The van der Waals surface area contributed by atoms with Crippen LogP contribution in [0.3, 0.4) is 0 Å². The standard InChI is InChI=1S/C24H22ClF3N4O3/c1-33-11-12-34-10-9-32-8-7-20-22(32)23(30-15-29-20)31-17-5-6-21(19(25)14-17)35-18-4-2-3-16(13-18)24(26,27)28/h2-8,13-15H,9-12H2,1H3,(H,29,30,31). The summed E-state index contributed by atoms with van der Waals surface area (Å²) in [6.45, 7) is 2.12. The zero-order valence-corrected chi connectivity index (χ0v) is 19.4. The topological polar surface area (TPSA) is 70.4 Å². The van der Waals surface area contributed by atoms with Crippen molar-refractivity contribution in [2.45, 2.75) is 12.7 Å². The Morgan fingerprint density at radius 3 is 2.66 bits per heavy atom. The van der Waals surface area contributed by atoms with Crippen molar-refractivity contribution in [1.29, 1.82) is 0 Å². The number of halogens is 4. The fraction of sp³-hybridized carbons (Fsp3) is 0.250. The van der Waals surface area contributed by atoms with Crippen LogP contribution < -0.4 is 10.1 Å². The van der Waals surface area contributed by atoms with Gasteiger partial charge in [-0.3, -0.25) is 0 Å². The van der Waals surface area contributed by atoms with E-state index < -0.39 is 11.7 Å². The SMILES string of the molecule is COCCOCCn1ccc2ncnc(Nc3ccc(Oc4cccc(C(F)(F)F)c4)c(Cl)c3)c21. The van der Waals surface area contributed by atoms with E-state index in [0.29, 0.717) is 37.9 Å². The number of hydrogen-bond donors (Lipinski definition) is 1. The highest BCUT2D eigenvalue weighted by Gasteiger charge is 2.30. The van der Waals surface area contributed by atoms with Crippen molar-refractivity contribution in [2.75, 3.05) is 32.2 Å². The molecular weight excluding hydrogens is 485 g/mol. The molecular formula is C24H22ClF3N4O3. The molecule has 0 aliphatic heterocycles. The summed E-state index contributed by atoms with van der Waals surface area (Å²) in [7, 11) is 1.62. The van der Waals surface area contributed by atoms with Gasteiger partial charge in [0.25, 0.3) is 0 Å².